The molecule has 3 fully saturated rings. The third-order valence-corrected chi connectivity index (χ3v) is 4.16. The molecule has 1 N–H and O–H groups in total. The van der Waals surface area contributed by atoms with Gasteiger partial charge in [0.15, 0.2) is 0 Å². The van der Waals surface area contributed by atoms with Crippen LogP contribution in [-0.2, 0) is 4.74 Å². The molecule has 4 rings (SSSR count). The van der Waals surface area contributed by atoms with Crippen molar-refractivity contribution in [3.05, 3.63) is 35.4 Å². The molecule has 118 valence electrons. The average molecular weight is 301 g/mol. The van der Waals surface area contributed by atoms with E-state index < -0.39 is 0 Å². The number of hydrogen-bond acceptors (Lipinski definition) is 4. The first kappa shape index (κ1) is 16.5. The molecule has 0 aromatic heterocycles. The molecule has 3 heterocycles. The molecule has 0 saturated carbocycles. The molecule has 3 saturated heterocycles. The van der Waals surface area contributed by atoms with Gasteiger partial charge in [0.2, 0.25) is 0 Å². The van der Waals surface area contributed by atoms with Crippen LogP contribution in [0.3, 0.4) is 0 Å². The maximum absolute atomic E-state index is 11.2. The fraction of sp³-hybridized carbons (Fsp3) is 0.500. The molecule has 3 aliphatic heterocycles. The lowest BCUT2D eigenvalue weighted by Gasteiger charge is -2.42. The van der Waals surface area contributed by atoms with Crippen molar-refractivity contribution >= 4 is 5.97 Å². The van der Waals surface area contributed by atoms with Gasteiger partial charge in [0.1, 0.15) is 0 Å². The Morgan fingerprint density at radius 1 is 1.45 bits per heavy atom. The van der Waals surface area contributed by atoms with Crippen molar-refractivity contribution in [1.82, 2.24) is 4.90 Å². The largest absolute Gasteiger partial charge is 0.462 e. The van der Waals surface area contributed by atoms with E-state index in [0.29, 0.717) is 23.7 Å². The second-order valence-corrected chi connectivity index (χ2v) is 5.65. The fourth-order valence-electron chi connectivity index (χ4n) is 2.88. The minimum absolute atomic E-state index is 0.00694. The molecule has 1 aromatic carbocycles. The Morgan fingerprint density at radius 2 is 2.18 bits per heavy atom. The van der Waals surface area contributed by atoms with Crippen LogP contribution in [0.15, 0.2) is 24.3 Å². The molecule has 0 spiro atoms. The lowest BCUT2D eigenvalue weighted by Crippen LogP contribution is -2.50. The van der Waals surface area contributed by atoms with E-state index in [-0.39, 0.29) is 12.1 Å². The number of ether oxygens (including phenoxy) is 1. The molecule has 2 bridgehead atoms. The first-order valence-electron chi connectivity index (χ1n) is 7.78. The molecule has 1 aromatic rings. The zero-order valence-corrected chi connectivity index (χ0v) is 13.0. The maximum atomic E-state index is 11.2. The molecular formula is C18H23NO3. The van der Waals surface area contributed by atoms with Crippen molar-refractivity contribution in [3.63, 3.8) is 0 Å². The monoisotopic (exact) mass is 301 g/mol. The zero-order valence-electron chi connectivity index (χ0n) is 13.0. The Bertz CT molecular complexity index is 542. The van der Waals surface area contributed by atoms with Gasteiger partial charge in [0.05, 0.1) is 18.3 Å². The third kappa shape index (κ3) is 4.33. The lowest BCUT2D eigenvalue weighted by molar-refractivity contribution is -0.0227. The summed E-state index contributed by atoms with van der Waals surface area (Å²) in [5.41, 5.74) is 1.18. The van der Waals surface area contributed by atoms with Crippen LogP contribution in [-0.4, -0.2) is 48.3 Å². The molecule has 0 amide bonds. The van der Waals surface area contributed by atoms with E-state index in [2.05, 4.69) is 10.8 Å². The van der Waals surface area contributed by atoms with Crippen molar-refractivity contribution in [2.24, 2.45) is 5.92 Å². The molecule has 0 radical (unpaired) electrons. The van der Waals surface area contributed by atoms with Crippen LogP contribution < -0.4 is 0 Å². The summed E-state index contributed by atoms with van der Waals surface area (Å²) in [6, 6.07) is 6.82. The van der Waals surface area contributed by atoms with Gasteiger partial charge in [-0.25, -0.2) is 4.79 Å². The minimum Gasteiger partial charge on any atom is -0.462 e. The van der Waals surface area contributed by atoms with Gasteiger partial charge >= 0.3 is 5.97 Å². The Balaban J connectivity index is 0.000000170. The molecule has 0 aliphatic carbocycles. The smallest absolute Gasteiger partial charge is 0.338 e. The summed E-state index contributed by atoms with van der Waals surface area (Å²) in [6.07, 6.45) is 7.63. The highest BCUT2D eigenvalue weighted by molar-refractivity contribution is 5.89. The predicted molar refractivity (Wildman–Crippen MR) is 85.5 cm³/mol. The van der Waals surface area contributed by atoms with E-state index in [0.717, 1.165) is 6.54 Å². The van der Waals surface area contributed by atoms with E-state index in [9.17, 15) is 9.90 Å². The molecule has 1 unspecified atom stereocenters. The first-order valence-corrected chi connectivity index (χ1v) is 7.78. The van der Waals surface area contributed by atoms with Gasteiger partial charge in [-0.15, -0.1) is 6.42 Å². The van der Waals surface area contributed by atoms with Gasteiger partial charge in [0.25, 0.3) is 0 Å². The van der Waals surface area contributed by atoms with E-state index in [1.807, 2.05) is 0 Å². The lowest BCUT2D eigenvalue weighted by atomic mass is 9.86. The quantitative estimate of drug-likeness (QED) is 0.670. The number of terminal acetylenes is 1. The van der Waals surface area contributed by atoms with Crippen LogP contribution in [0.2, 0.25) is 0 Å². The number of fused-ring (bicyclic) bond motifs is 3. The molecule has 4 heteroatoms. The summed E-state index contributed by atoms with van der Waals surface area (Å²) in [6.45, 7) is 5.52. The summed E-state index contributed by atoms with van der Waals surface area (Å²) < 4.78 is 4.82. The minimum atomic E-state index is -0.334. The van der Waals surface area contributed by atoms with Gasteiger partial charge in [-0.3, -0.25) is 0 Å². The number of rotatable bonds is 2. The number of piperidine rings is 3. The average Bonchev–Trinajstić information content (AvgIpc) is 2.56. The number of nitrogens with zero attached hydrogens (tertiary/aromatic N) is 1. The topological polar surface area (TPSA) is 49.8 Å². The van der Waals surface area contributed by atoms with Crippen LogP contribution in [0, 0.1) is 18.3 Å². The maximum Gasteiger partial charge on any atom is 0.338 e. The van der Waals surface area contributed by atoms with Gasteiger partial charge in [-0.2, -0.15) is 0 Å². The van der Waals surface area contributed by atoms with E-state index >= 15 is 0 Å². The van der Waals surface area contributed by atoms with Crippen LogP contribution in [0.5, 0.6) is 0 Å². The zero-order chi connectivity index (χ0) is 15.9. The highest BCUT2D eigenvalue weighted by atomic mass is 16.5. The Labute approximate surface area is 132 Å². The molecule has 4 nitrogen and oxygen atoms in total. The van der Waals surface area contributed by atoms with E-state index in [1.54, 1.807) is 31.2 Å². The van der Waals surface area contributed by atoms with Gasteiger partial charge in [-0.1, -0.05) is 12.0 Å². The summed E-state index contributed by atoms with van der Waals surface area (Å²) in [5.74, 6) is 2.76. The molecule has 22 heavy (non-hydrogen) atoms. The Hall–Kier alpha value is -1.83. The summed E-state index contributed by atoms with van der Waals surface area (Å²) >= 11 is 0. The first-order chi connectivity index (χ1) is 10.6. The van der Waals surface area contributed by atoms with Crippen molar-refractivity contribution < 1.29 is 14.6 Å². The Kier molecular flexibility index (Phi) is 6.00. The number of carbonyl (C=O) groups is 1. The summed E-state index contributed by atoms with van der Waals surface area (Å²) in [5, 5.41) is 9.36. The highest BCUT2D eigenvalue weighted by Gasteiger charge is 2.32. The molecule has 1 atom stereocenters. The predicted octanol–water partition coefficient (Wildman–Crippen LogP) is 1.92. The fourth-order valence-corrected chi connectivity index (χ4v) is 2.88. The SMILES string of the molecule is C#Cc1cccc(C(=O)OCC)c1.OC1CN2CCC1CC2. The second-order valence-electron chi connectivity index (χ2n) is 5.65. The number of aliphatic hydroxyl groups is 1. The van der Waals surface area contributed by atoms with Crippen LogP contribution in [0.25, 0.3) is 0 Å². The number of esters is 1. The van der Waals surface area contributed by atoms with Crippen LogP contribution in [0.4, 0.5) is 0 Å². The second kappa shape index (κ2) is 7.98. The Morgan fingerprint density at radius 3 is 2.64 bits per heavy atom. The van der Waals surface area contributed by atoms with Crippen LogP contribution in [0.1, 0.15) is 35.7 Å². The summed E-state index contributed by atoms with van der Waals surface area (Å²) in [7, 11) is 0. The van der Waals surface area contributed by atoms with Crippen molar-refractivity contribution in [2.45, 2.75) is 25.9 Å². The normalized spacial score (nSPS) is 25.6. The molecule has 3 aliphatic rings. The van der Waals surface area contributed by atoms with Gasteiger partial charge in [0, 0.05) is 12.1 Å². The molecular weight excluding hydrogens is 278 g/mol. The van der Waals surface area contributed by atoms with Crippen molar-refractivity contribution in [1.29, 1.82) is 0 Å². The summed E-state index contributed by atoms with van der Waals surface area (Å²) in [4.78, 5) is 13.6. The van der Waals surface area contributed by atoms with Crippen molar-refractivity contribution in [3.8, 4) is 12.3 Å². The number of carbonyl (C=O) groups excluding carboxylic acids is 1. The van der Waals surface area contributed by atoms with Crippen LogP contribution >= 0.6 is 0 Å². The number of hydrogen-bond donors (Lipinski definition) is 1. The van der Waals surface area contributed by atoms with Gasteiger partial charge < -0.3 is 14.7 Å². The van der Waals surface area contributed by atoms with Crippen molar-refractivity contribution in [2.75, 3.05) is 26.2 Å². The van der Waals surface area contributed by atoms with E-state index in [1.165, 1.54) is 25.9 Å². The highest BCUT2D eigenvalue weighted by Crippen LogP contribution is 2.26. The van der Waals surface area contributed by atoms with Gasteiger partial charge in [-0.05, 0) is 57.0 Å². The number of aliphatic hydroxyl groups excluding tert-OH is 1. The van der Waals surface area contributed by atoms with E-state index in [4.69, 9.17) is 11.2 Å². The third-order valence-electron chi connectivity index (χ3n) is 4.16. The standard InChI is InChI=1S/C11H10O2.C7H13NO/c1-3-9-6-5-7-10(8-9)11(12)13-4-2;9-7-5-8-3-1-6(7)2-4-8/h1,5-8H,4H2,2H3;6-7,9H,1-5H2. The number of benzene rings is 1.